The molecule has 2 aliphatic heterocycles. The van der Waals surface area contributed by atoms with Gasteiger partial charge in [-0.2, -0.15) is 0 Å². The van der Waals surface area contributed by atoms with Crippen LogP contribution in [0.15, 0.2) is 24.3 Å². The second-order valence-electron chi connectivity index (χ2n) is 4.80. The zero-order chi connectivity index (χ0) is 12.4. The Morgan fingerprint density at radius 3 is 3.06 bits per heavy atom. The van der Waals surface area contributed by atoms with E-state index in [2.05, 4.69) is 0 Å². The SMILES string of the molecule is OC1c2ccccc2OCC1OCC1CCCO1. The average Bonchev–Trinajstić information content (AvgIpc) is 2.91. The maximum Gasteiger partial charge on any atom is 0.125 e. The lowest BCUT2D eigenvalue weighted by molar-refractivity contribution is -0.0961. The van der Waals surface area contributed by atoms with E-state index in [0.29, 0.717) is 13.2 Å². The molecule has 0 spiro atoms. The van der Waals surface area contributed by atoms with Gasteiger partial charge in [0.15, 0.2) is 0 Å². The molecule has 18 heavy (non-hydrogen) atoms. The van der Waals surface area contributed by atoms with Gasteiger partial charge in [0.05, 0.1) is 12.7 Å². The molecule has 0 aliphatic carbocycles. The quantitative estimate of drug-likeness (QED) is 0.886. The number of benzene rings is 1. The Bertz CT molecular complexity index is 401. The van der Waals surface area contributed by atoms with Gasteiger partial charge < -0.3 is 19.3 Å². The summed E-state index contributed by atoms with van der Waals surface area (Å²) in [6.45, 7) is 1.75. The van der Waals surface area contributed by atoms with Crippen LogP contribution in [-0.4, -0.2) is 37.1 Å². The molecule has 0 amide bonds. The summed E-state index contributed by atoms with van der Waals surface area (Å²) in [5.74, 6) is 0.752. The molecule has 1 aromatic rings. The second-order valence-corrected chi connectivity index (χ2v) is 4.80. The van der Waals surface area contributed by atoms with Crippen LogP contribution in [0.4, 0.5) is 0 Å². The number of aliphatic hydroxyl groups is 1. The minimum absolute atomic E-state index is 0.175. The highest BCUT2D eigenvalue weighted by Gasteiger charge is 2.30. The van der Waals surface area contributed by atoms with E-state index in [-0.39, 0.29) is 12.2 Å². The van der Waals surface area contributed by atoms with Crippen LogP contribution in [0.25, 0.3) is 0 Å². The van der Waals surface area contributed by atoms with Crippen molar-refractivity contribution in [1.82, 2.24) is 0 Å². The molecule has 2 heterocycles. The van der Waals surface area contributed by atoms with E-state index in [1.54, 1.807) is 0 Å². The fourth-order valence-corrected chi connectivity index (χ4v) is 2.47. The van der Waals surface area contributed by atoms with Crippen LogP contribution in [0.5, 0.6) is 5.75 Å². The minimum atomic E-state index is -0.614. The predicted octanol–water partition coefficient (Wildman–Crippen LogP) is 1.68. The fourth-order valence-electron chi connectivity index (χ4n) is 2.47. The Morgan fingerprint density at radius 1 is 1.33 bits per heavy atom. The smallest absolute Gasteiger partial charge is 0.125 e. The maximum atomic E-state index is 10.2. The molecule has 1 aromatic carbocycles. The van der Waals surface area contributed by atoms with Gasteiger partial charge in [0, 0.05) is 12.2 Å². The van der Waals surface area contributed by atoms with Crippen molar-refractivity contribution in [3.05, 3.63) is 29.8 Å². The molecule has 1 saturated heterocycles. The maximum absolute atomic E-state index is 10.2. The van der Waals surface area contributed by atoms with Crippen LogP contribution in [0, 0.1) is 0 Å². The Morgan fingerprint density at radius 2 is 2.22 bits per heavy atom. The van der Waals surface area contributed by atoms with Crippen molar-refractivity contribution < 1.29 is 19.3 Å². The molecule has 4 nitrogen and oxygen atoms in total. The van der Waals surface area contributed by atoms with E-state index in [4.69, 9.17) is 14.2 Å². The second kappa shape index (κ2) is 5.26. The molecular weight excluding hydrogens is 232 g/mol. The number of para-hydroxylation sites is 1. The molecule has 3 unspecified atom stereocenters. The Balaban J connectivity index is 1.61. The third-order valence-corrected chi connectivity index (χ3v) is 3.51. The van der Waals surface area contributed by atoms with Gasteiger partial charge >= 0.3 is 0 Å². The first-order chi connectivity index (χ1) is 8.84. The van der Waals surface area contributed by atoms with Crippen molar-refractivity contribution >= 4 is 0 Å². The van der Waals surface area contributed by atoms with Gasteiger partial charge in [0.25, 0.3) is 0 Å². The molecule has 0 radical (unpaired) electrons. The van der Waals surface area contributed by atoms with E-state index in [1.807, 2.05) is 24.3 Å². The average molecular weight is 250 g/mol. The number of rotatable bonds is 3. The lowest BCUT2D eigenvalue weighted by Crippen LogP contribution is -2.35. The van der Waals surface area contributed by atoms with Crippen molar-refractivity contribution in [2.75, 3.05) is 19.8 Å². The summed E-state index contributed by atoms with van der Waals surface area (Å²) in [6.07, 6.45) is 1.40. The summed E-state index contributed by atoms with van der Waals surface area (Å²) in [4.78, 5) is 0. The first-order valence-electron chi connectivity index (χ1n) is 6.47. The topological polar surface area (TPSA) is 47.9 Å². The van der Waals surface area contributed by atoms with Crippen LogP contribution in [0.3, 0.4) is 0 Å². The summed E-state index contributed by atoms with van der Waals surface area (Å²) in [5, 5.41) is 10.2. The molecule has 98 valence electrons. The van der Waals surface area contributed by atoms with Crippen LogP contribution in [0.1, 0.15) is 24.5 Å². The molecule has 0 aromatic heterocycles. The van der Waals surface area contributed by atoms with Gasteiger partial charge in [0.2, 0.25) is 0 Å². The first kappa shape index (κ1) is 12.0. The molecular formula is C14H18O4. The molecule has 2 aliphatic rings. The van der Waals surface area contributed by atoms with Crippen molar-refractivity contribution in [3.8, 4) is 5.75 Å². The van der Waals surface area contributed by atoms with E-state index < -0.39 is 6.10 Å². The highest BCUT2D eigenvalue weighted by molar-refractivity contribution is 5.37. The van der Waals surface area contributed by atoms with Crippen molar-refractivity contribution in [1.29, 1.82) is 0 Å². The number of fused-ring (bicyclic) bond motifs is 1. The van der Waals surface area contributed by atoms with E-state index in [1.165, 1.54) is 0 Å². The Kier molecular flexibility index (Phi) is 3.50. The molecule has 3 rings (SSSR count). The van der Waals surface area contributed by atoms with Gasteiger partial charge in [-0.25, -0.2) is 0 Å². The zero-order valence-corrected chi connectivity index (χ0v) is 10.2. The van der Waals surface area contributed by atoms with Crippen molar-refractivity contribution in [2.45, 2.75) is 31.2 Å². The van der Waals surface area contributed by atoms with E-state index in [9.17, 15) is 5.11 Å². The van der Waals surface area contributed by atoms with Crippen LogP contribution < -0.4 is 4.74 Å². The van der Waals surface area contributed by atoms with Gasteiger partial charge in [-0.15, -0.1) is 0 Å². The Labute approximate surface area is 106 Å². The summed E-state index contributed by atoms with van der Waals surface area (Å²) < 4.78 is 16.8. The third kappa shape index (κ3) is 2.36. The van der Waals surface area contributed by atoms with Crippen LogP contribution in [-0.2, 0) is 9.47 Å². The number of hydrogen-bond donors (Lipinski definition) is 1. The standard InChI is InChI=1S/C14H18O4/c15-14-11-5-1-2-6-12(11)18-9-13(14)17-8-10-4-3-7-16-10/h1-2,5-6,10,13-15H,3-4,7-9H2. The largest absolute Gasteiger partial charge is 0.490 e. The monoisotopic (exact) mass is 250 g/mol. The fraction of sp³-hybridized carbons (Fsp3) is 0.571. The molecule has 1 fully saturated rings. The first-order valence-corrected chi connectivity index (χ1v) is 6.47. The summed E-state index contributed by atoms with van der Waals surface area (Å²) in [7, 11) is 0. The van der Waals surface area contributed by atoms with Crippen LogP contribution in [0.2, 0.25) is 0 Å². The molecule has 1 N–H and O–H groups in total. The van der Waals surface area contributed by atoms with Gasteiger partial charge in [0.1, 0.15) is 24.6 Å². The van der Waals surface area contributed by atoms with Crippen molar-refractivity contribution in [2.24, 2.45) is 0 Å². The van der Waals surface area contributed by atoms with Crippen molar-refractivity contribution in [3.63, 3.8) is 0 Å². The summed E-state index contributed by atoms with van der Waals surface area (Å²) in [5.41, 5.74) is 0.807. The highest BCUT2D eigenvalue weighted by Crippen LogP contribution is 2.33. The van der Waals surface area contributed by atoms with E-state index in [0.717, 1.165) is 30.8 Å². The van der Waals surface area contributed by atoms with Crippen LogP contribution >= 0.6 is 0 Å². The summed E-state index contributed by atoms with van der Waals surface area (Å²) >= 11 is 0. The lowest BCUT2D eigenvalue weighted by Gasteiger charge is -2.30. The lowest BCUT2D eigenvalue weighted by atomic mass is 10.0. The molecule has 0 bridgehead atoms. The minimum Gasteiger partial charge on any atom is -0.490 e. The third-order valence-electron chi connectivity index (χ3n) is 3.51. The molecule has 4 heteroatoms. The summed E-state index contributed by atoms with van der Waals surface area (Å²) in [6, 6.07) is 7.55. The highest BCUT2D eigenvalue weighted by atomic mass is 16.6. The van der Waals surface area contributed by atoms with Gasteiger partial charge in [-0.1, -0.05) is 18.2 Å². The van der Waals surface area contributed by atoms with E-state index >= 15 is 0 Å². The number of aliphatic hydroxyl groups excluding tert-OH is 1. The normalized spacial score (nSPS) is 30.8. The number of ether oxygens (including phenoxy) is 3. The number of hydrogen-bond acceptors (Lipinski definition) is 4. The molecule has 0 saturated carbocycles. The Hall–Kier alpha value is -1.10. The predicted molar refractivity (Wildman–Crippen MR) is 65.6 cm³/mol. The van der Waals surface area contributed by atoms with Gasteiger partial charge in [-0.05, 0) is 18.9 Å². The zero-order valence-electron chi connectivity index (χ0n) is 10.2. The molecule has 3 atom stereocenters. The van der Waals surface area contributed by atoms with Gasteiger partial charge in [-0.3, -0.25) is 0 Å².